The van der Waals surface area contributed by atoms with Crippen LogP contribution in [0.3, 0.4) is 0 Å². The molecule has 0 aromatic rings. The monoisotopic (exact) mass is 505 g/mol. The van der Waals surface area contributed by atoms with Gasteiger partial charge in [-0.1, -0.05) is 20.8 Å². The summed E-state index contributed by atoms with van der Waals surface area (Å²) < 4.78 is 0. The van der Waals surface area contributed by atoms with Gasteiger partial charge in [0.25, 0.3) is 11.8 Å². The predicted molar refractivity (Wildman–Crippen MR) is 130 cm³/mol. The number of hydrogen-bond donors (Lipinski definition) is 3. The van der Waals surface area contributed by atoms with Gasteiger partial charge in [-0.15, -0.1) is 5.06 Å². The number of nitrogens with zero attached hydrogens (tertiary/aromatic N) is 1. The van der Waals surface area contributed by atoms with E-state index in [9.17, 15) is 29.7 Å². The molecule has 2 amide bonds. The van der Waals surface area contributed by atoms with Crippen LogP contribution in [0.1, 0.15) is 91.4 Å². The van der Waals surface area contributed by atoms with Crippen LogP contribution in [0.25, 0.3) is 0 Å². The molecule has 0 spiro atoms. The maximum Gasteiger partial charge on any atom is 0.333 e. The Hall–Kier alpha value is -1.51. The number of amides is 2. The van der Waals surface area contributed by atoms with Crippen LogP contribution in [0.4, 0.5) is 0 Å². The molecule has 5 fully saturated rings. The van der Waals surface area contributed by atoms with E-state index in [0.717, 1.165) is 38.5 Å². The molecule has 3 unspecified atom stereocenters. The highest BCUT2D eigenvalue weighted by atomic mass is 16.7. The third-order valence-corrected chi connectivity index (χ3v) is 11.5. The highest BCUT2D eigenvalue weighted by molar-refractivity contribution is 6.01. The Morgan fingerprint density at radius 1 is 1.03 bits per heavy atom. The summed E-state index contributed by atoms with van der Waals surface area (Å²) in [6.07, 6.45) is 5.50. The molecule has 0 aromatic carbocycles. The summed E-state index contributed by atoms with van der Waals surface area (Å²) in [5, 5.41) is 33.9. The highest BCUT2D eigenvalue weighted by Crippen LogP contribution is 2.68. The molecule has 0 aromatic heterocycles. The molecule has 4 aliphatic carbocycles. The molecule has 1 aliphatic heterocycles. The summed E-state index contributed by atoms with van der Waals surface area (Å²) in [4.78, 5) is 40.9. The van der Waals surface area contributed by atoms with Gasteiger partial charge in [0, 0.05) is 19.3 Å². The predicted octanol–water partition coefficient (Wildman–Crippen LogP) is 2.97. The van der Waals surface area contributed by atoms with Crippen LogP contribution in [0.15, 0.2) is 0 Å². The summed E-state index contributed by atoms with van der Waals surface area (Å²) >= 11 is 0. The Kier molecular flexibility index (Phi) is 6.78. The van der Waals surface area contributed by atoms with Crippen LogP contribution in [0, 0.1) is 46.3 Å². The van der Waals surface area contributed by atoms with E-state index in [1.54, 1.807) is 0 Å². The second kappa shape index (κ2) is 9.35. The van der Waals surface area contributed by atoms with Crippen molar-refractivity contribution in [2.75, 3.05) is 0 Å². The van der Waals surface area contributed by atoms with Crippen molar-refractivity contribution in [3.8, 4) is 0 Å². The summed E-state index contributed by atoms with van der Waals surface area (Å²) in [6, 6.07) is 0. The Balaban J connectivity index is 1.27. The van der Waals surface area contributed by atoms with Gasteiger partial charge < -0.3 is 20.2 Å². The van der Waals surface area contributed by atoms with Gasteiger partial charge in [-0.25, -0.2) is 4.79 Å². The molecule has 8 heteroatoms. The molecule has 36 heavy (non-hydrogen) atoms. The standard InChI is InChI=1S/C28H43NO7/c1-15(4-9-25(35)36-29-23(33)7-8-24(29)34)18-5-6-19-26-20(14-22(32)28(18,19)3)27(2)11-10-17(30)12-16(27)13-21(26)31/h15-22,26,30-32H,4-14H2,1-3H3/t15-,16+,17-,18-,19?,20?,21-,22+,26?,27+,28-/m1/s1. The van der Waals surface area contributed by atoms with Crippen LogP contribution in [0.2, 0.25) is 0 Å². The van der Waals surface area contributed by atoms with Crippen molar-refractivity contribution < 1.29 is 34.5 Å². The molecule has 202 valence electrons. The maximum atomic E-state index is 12.4. The van der Waals surface area contributed by atoms with Gasteiger partial charge in [0.05, 0.1) is 18.3 Å². The first-order valence-corrected chi connectivity index (χ1v) is 14.1. The van der Waals surface area contributed by atoms with Crippen molar-refractivity contribution in [2.45, 2.75) is 110 Å². The Morgan fingerprint density at radius 3 is 2.42 bits per heavy atom. The number of rotatable bonds is 5. The quantitative estimate of drug-likeness (QED) is 0.491. The Bertz CT molecular complexity index is 892. The second-order valence-corrected chi connectivity index (χ2v) is 13.1. The van der Waals surface area contributed by atoms with E-state index in [2.05, 4.69) is 20.8 Å². The van der Waals surface area contributed by atoms with Crippen molar-refractivity contribution in [1.82, 2.24) is 5.06 Å². The van der Waals surface area contributed by atoms with Crippen LogP contribution in [0.5, 0.6) is 0 Å². The fraction of sp³-hybridized carbons (Fsp3) is 0.893. The minimum Gasteiger partial charge on any atom is -0.393 e. The van der Waals surface area contributed by atoms with Crippen molar-refractivity contribution in [3.63, 3.8) is 0 Å². The minimum absolute atomic E-state index is 0.0450. The third-order valence-electron chi connectivity index (χ3n) is 11.5. The summed E-state index contributed by atoms with van der Waals surface area (Å²) in [7, 11) is 0. The van der Waals surface area contributed by atoms with Crippen LogP contribution >= 0.6 is 0 Å². The number of hydroxylamine groups is 2. The largest absolute Gasteiger partial charge is 0.393 e. The molecule has 1 saturated heterocycles. The Labute approximate surface area is 213 Å². The molecule has 5 rings (SSSR count). The lowest BCUT2D eigenvalue weighted by Gasteiger charge is -2.63. The van der Waals surface area contributed by atoms with E-state index in [1.165, 1.54) is 0 Å². The van der Waals surface area contributed by atoms with Gasteiger partial charge in [-0.05, 0) is 97.7 Å². The lowest BCUT2D eigenvalue weighted by atomic mass is 9.43. The van der Waals surface area contributed by atoms with Crippen LogP contribution in [-0.4, -0.2) is 56.5 Å². The lowest BCUT2D eigenvalue weighted by Crippen LogP contribution is -2.62. The number of imide groups is 1. The zero-order valence-corrected chi connectivity index (χ0v) is 21.9. The highest BCUT2D eigenvalue weighted by Gasteiger charge is 2.65. The van der Waals surface area contributed by atoms with E-state index in [0.29, 0.717) is 23.8 Å². The van der Waals surface area contributed by atoms with E-state index in [-0.39, 0.29) is 65.8 Å². The summed E-state index contributed by atoms with van der Waals surface area (Å²) in [6.45, 7) is 6.64. The maximum absolute atomic E-state index is 12.4. The molecule has 8 nitrogen and oxygen atoms in total. The molecule has 11 atom stereocenters. The number of fused-ring (bicyclic) bond motifs is 5. The molecule has 5 aliphatic rings. The van der Waals surface area contributed by atoms with E-state index in [1.807, 2.05) is 0 Å². The van der Waals surface area contributed by atoms with E-state index >= 15 is 0 Å². The zero-order chi connectivity index (χ0) is 26.0. The molecular weight excluding hydrogens is 462 g/mol. The first-order valence-electron chi connectivity index (χ1n) is 14.1. The van der Waals surface area contributed by atoms with Crippen molar-refractivity contribution in [3.05, 3.63) is 0 Å². The fourth-order valence-corrected chi connectivity index (χ4v) is 9.48. The lowest BCUT2D eigenvalue weighted by molar-refractivity contribution is -0.207. The average molecular weight is 506 g/mol. The molecular formula is C28H43NO7. The van der Waals surface area contributed by atoms with Crippen LogP contribution in [-0.2, 0) is 19.2 Å². The zero-order valence-electron chi connectivity index (χ0n) is 21.9. The van der Waals surface area contributed by atoms with Gasteiger partial charge in [0.2, 0.25) is 0 Å². The molecule has 4 saturated carbocycles. The van der Waals surface area contributed by atoms with Gasteiger partial charge in [-0.3, -0.25) is 9.59 Å². The summed E-state index contributed by atoms with van der Waals surface area (Å²) in [5.74, 6) is -0.213. The molecule has 3 N–H and O–H groups in total. The summed E-state index contributed by atoms with van der Waals surface area (Å²) in [5.41, 5.74) is -0.285. The van der Waals surface area contributed by atoms with Gasteiger partial charge in [-0.2, -0.15) is 0 Å². The van der Waals surface area contributed by atoms with Crippen molar-refractivity contribution in [2.24, 2.45) is 46.3 Å². The minimum atomic E-state index is -0.574. The number of aliphatic hydroxyl groups is 3. The molecule has 1 heterocycles. The first-order chi connectivity index (χ1) is 17.0. The fourth-order valence-electron chi connectivity index (χ4n) is 9.48. The normalized spacial score (nSPS) is 47.2. The second-order valence-electron chi connectivity index (χ2n) is 13.1. The molecule has 0 bridgehead atoms. The van der Waals surface area contributed by atoms with Gasteiger partial charge in [0.15, 0.2) is 0 Å². The van der Waals surface area contributed by atoms with Gasteiger partial charge >= 0.3 is 5.97 Å². The van der Waals surface area contributed by atoms with Crippen molar-refractivity contribution >= 4 is 17.8 Å². The van der Waals surface area contributed by atoms with Gasteiger partial charge in [0.1, 0.15) is 0 Å². The average Bonchev–Trinajstić information content (AvgIpc) is 3.34. The number of carbonyl (C=O) groups excluding carboxylic acids is 3. The third kappa shape index (κ3) is 4.02. The number of aliphatic hydroxyl groups excluding tert-OH is 3. The Morgan fingerprint density at radius 2 is 1.72 bits per heavy atom. The smallest absolute Gasteiger partial charge is 0.333 e. The van der Waals surface area contributed by atoms with Crippen LogP contribution < -0.4 is 0 Å². The van der Waals surface area contributed by atoms with E-state index < -0.39 is 30.0 Å². The molecule has 0 radical (unpaired) electrons. The number of carbonyl (C=O) groups is 3. The topological polar surface area (TPSA) is 124 Å². The number of hydrogen-bond acceptors (Lipinski definition) is 7. The van der Waals surface area contributed by atoms with Crippen molar-refractivity contribution in [1.29, 1.82) is 0 Å². The SMILES string of the molecule is C[C@H](CCC(=O)ON1C(=O)CCC1=O)[C@H]1CCC2C3C(C[C@H](O)[C@@]21C)[C@@]1(C)CC[C@@H](O)C[C@H]1C[C@H]3O. The first kappa shape index (κ1) is 26.1. The van der Waals surface area contributed by atoms with E-state index in [4.69, 9.17) is 4.84 Å².